The maximum Gasteiger partial charge on any atom is 0.226 e. The zero-order valence-electron chi connectivity index (χ0n) is 9.82. The summed E-state index contributed by atoms with van der Waals surface area (Å²) in [6, 6.07) is 5.65. The van der Waals surface area contributed by atoms with E-state index in [1.807, 2.05) is 23.4 Å². The Bertz CT molecular complexity index is 540. The van der Waals surface area contributed by atoms with E-state index in [0.717, 1.165) is 6.54 Å². The van der Waals surface area contributed by atoms with Gasteiger partial charge in [0, 0.05) is 18.1 Å². The first-order valence-corrected chi connectivity index (χ1v) is 6.13. The molecule has 0 aliphatic rings. The van der Waals surface area contributed by atoms with Crippen LogP contribution in [0.4, 0.5) is 5.95 Å². The summed E-state index contributed by atoms with van der Waals surface area (Å²) >= 11 is 1.68. The average Bonchev–Trinajstić information content (AvgIpc) is 2.90. The smallest absolute Gasteiger partial charge is 0.226 e. The van der Waals surface area contributed by atoms with Gasteiger partial charge in [-0.2, -0.15) is 0 Å². The van der Waals surface area contributed by atoms with Crippen LogP contribution in [-0.4, -0.2) is 28.1 Å². The van der Waals surface area contributed by atoms with Crippen LogP contribution < -0.4 is 10.6 Å². The van der Waals surface area contributed by atoms with Gasteiger partial charge in [0.2, 0.25) is 5.95 Å². The van der Waals surface area contributed by atoms with E-state index in [9.17, 15) is 0 Å². The van der Waals surface area contributed by atoms with Crippen molar-refractivity contribution in [3.8, 4) is 0 Å². The van der Waals surface area contributed by atoms with Gasteiger partial charge in [-0.3, -0.25) is 0 Å². The summed E-state index contributed by atoms with van der Waals surface area (Å²) in [4.78, 5) is 11.5. The van der Waals surface area contributed by atoms with Crippen LogP contribution in [0.3, 0.4) is 0 Å². The number of hydrogen-bond acceptors (Lipinski definition) is 6. The average molecular weight is 263 g/mol. The summed E-state index contributed by atoms with van der Waals surface area (Å²) < 4.78 is 0. The van der Waals surface area contributed by atoms with Gasteiger partial charge in [-0.25, -0.2) is 9.97 Å². The Labute approximate surface area is 108 Å². The van der Waals surface area contributed by atoms with Crippen molar-refractivity contribution in [1.82, 2.24) is 9.97 Å². The van der Waals surface area contributed by atoms with E-state index >= 15 is 0 Å². The number of anilines is 1. The standard InChI is InChI=1S/C11H13N5OS/c1-16(7-8-3-2-6-18-8)11-13-5-4-9(14-11)10(12)15-17/h2-6,17H,7H2,1H3,(H2,12,15). The van der Waals surface area contributed by atoms with Gasteiger partial charge >= 0.3 is 0 Å². The van der Waals surface area contributed by atoms with Crippen molar-refractivity contribution in [3.63, 3.8) is 0 Å². The number of nitrogens with zero attached hydrogens (tertiary/aromatic N) is 4. The molecule has 0 aliphatic heterocycles. The SMILES string of the molecule is CN(Cc1cccs1)c1nccc(/C(N)=N/O)n1. The van der Waals surface area contributed by atoms with Gasteiger partial charge in [0.15, 0.2) is 5.84 Å². The molecule has 0 aliphatic carbocycles. The molecule has 0 aromatic carbocycles. The minimum Gasteiger partial charge on any atom is -0.409 e. The monoisotopic (exact) mass is 263 g/mol. The van der Waals surface area contributed by atoms with Crippen molar-refractivity contribution in [2.24, 2.45) is 10.9 Å². The van der Waals surface area contributed by atoms with Crippen molar-refractivity contribution in [3.05, 3.63) is 40.3 Å². The Kier molecular flexibility index (Phi) is 3.73. The van der Waals surface area contributed by atoms with Crippen molar-refractivity contribution in [2.45, 2.75) is 6.54 Å². The second kappa shape index (κ2) is 5.46. The Morgan fingerprint density at radius 3 is 3.06 bits per heavy atom. The van der Waals surface area contributed by atoms with Gasteiger partial charge in [0.1, 0.15) is 5.69 Å². The molecule has 18 heavy (non-hydrogen) atoms. The predicted octanol–water partition coefficient (Wildman–Crippen LogP) is 1.27. The lowest BCUT2D eigenvalue weighted by Crippen LogP contribution is -2.21. The Morgan fingerprint density at radius 1 is 1.56 bits per heavy atom. The van der Waals surface area contributed by atoms with Gasteiger partial charge < -0.3 is 15.8 Å². The fraction of sp³-hybridized carbons (Fsp3) is 0.182. The summed E-state index contributed by atoms with van der Waals surface area (Å²) in [7, 11) is 1.89. The largest absolute Gasteiger partial charge is 0.409 e. The number of nitrogens with two attached hydrogens (primary N) is 1. The molecule has 0 saturated heterocycles. The minimum atomic E-state index is -0.0248. The molecular weight excluding hydrogens is 250 g/mol. The lowest BCUT2D eigenvalue weighted by atomic mass is 10.4. The zero-order valence-corrected chi connectivity index (χ0v) is 10.6. The third kappa shape index (κ3) is 2.75. The van der Waals surface area contributed by atoms with E-state index in [2.05, 4.69) is 21.2 Å². The highest BCUT2D eigenvalue weighted by Crippen LogP contribution is 2.14. The Morgan fingerprint density at radius 2 is 2.39 bits per heavy atom. The Hall–Kier alpha value is -2.15. The van der Waals surface area contributed by atoms with Crippen molar-refractivity contribution < 1.29 is 5.21 Å². The van der Waals surface area contributed by atoms with Crippen LogP contribution in [0.1, 0.15) is 10.6 Å². The number of hydrogen-bond donors (Lipinski definition) is 2. The van der Waals surface area contributed by atoms with Crippen molar-refractivity contribution in [1.29, 1.82) is 0 Å². The molecule has 6 nitrogen and oxygen atoms in total. The molecule has 2 heterocycles. The number of amidine groups is 1. The van der Waals surface area contributed by atoms with Gasteiger partial charge in [0.25, 0.3) is 0 Å². The van der Waals surface area contributed by atoms with Crippen LogP contribution in [0, 0.1) is 0 Å². The van der Waals surface area contributed by atoms with E-state index < -0.39 is 0 Å². The molecule has 0 radical (unpaired) electrons. The highest BCUT2D eigenvalue weighted by Gasteiger charge is 2.08. The summed E-state index contributed by atoms with van der Waals surface area (Å²) in [5.74, 6) is 0.510. The van der Waals surface area contributed by atoms with Gasteiger partial charge in [-0.05, 0) is 17.5 Å². The summed E-state index contributed by atoms with van der Waals surface area (Å²) in [5, 5.41) is 13.6. The third-order valence-electron chi connectivity index (χ3n) is 2.33. The molecule has 2 aromatic rings. The molecule has 2 rings (SSSR count). The molecule has 0 atom stereocenters. The summed E-state index contributed by atoms with van der Waals surface area (Å²) in [6.07, 6.45) is 1.58. The molecule has 0 fully saturated rings. The zero-order chi connectivity index (χ0) is 13.0. The van der Waals surface area contributed by atoms with Crippen LogP contribution in [0.15, 0.2) is 34.9 Å². The fourth-order valence-corrected chi connectivity index (χ4v) is 2.19. The van der Waals surface area contributed by atoms with Gasteiger partial charge in [-0.15, -0.1) is 11.3 Å². The lowest BCUT2D eigenvalue weighted by Gasteiger charge is -2.16. The quantitative estimate of drug-likeness (QED) is 0.375. The van der Waals surface area contributed by atoms with Gasteiger partial charge in [0.05, 0.1) is 6.54 Å². The van der Waals surface area contributed by atoms with Crippen LogP contribution >= 0.6 is 11.3 Å². The van der Waals surface area contributed by atoms with Crippen molar-refractivity contribution in [2.75, 3.05) is 11.9 Å². The molecule has 94 valence electrons. The lowest BCUT2D eigenvalue weighted by molar-refractivity contribution is 0.318. The molecule has 0 bridgehead atoms. The predicted molar refractivity (Wildman–Crippen MR) is 71.0 cm³/mol. The van der Waals surface area contributed by atoms with E-state index in [1.54, 1.807) is 23.6 Å². The molecule has 7 heteroatoms. The van der Waals surface area contributed by atoms with E-state index in [1.165, 1.54) is 4.88 Å². The molecule has 0 amide bonds. The molecular formula is C11H13N5OS. The molecule has 3 N–H and O–H groups in total. The number of aromatic nitrogens is 2. The molecule has 0 unspecified atom stereocenters. The normalized spacial score (nSPS) is 11.5. The van der Waals surface area contributed by atoms with Crippen molar-refractivity contribution >= 4 is 23.1 Å². The van der Waals surface area contributed by atoms with Crippen LogP contribution in [0.5, 0.6) is 0 Å². The topological polar surface area (TPSA) is 87.6 Å². The molecule has 2 aromatic heterocycles. The molecule has 0 spiro atoms. The van der Waals surface area contributed by atoms with E-state index in [4.69, 9.17) is 10.9 Å². The number of rotatable bonds is 4. The fourth-order valence-electron chi connectivity index (χ4n) is 1.43. The Balaban J connectivity index is 2.17. The van der Waals surface area contributed by atoms with E-state index in [-0.39, 0.29) is 5.84 Å². The van der Waals surface area contributed by atoms with Crippen LogP contribution in [0.2, 0.25) is 0 Å². The minimum absolute atomic E-state index is 0.0248. The van der Waals surface area contributed by atoms with Crippen LogP contribution in [0.25, 0.3) is 0 Å². The van der Waals surface area contributed by atoms with E-state index in [0.29, 0.717) is 11.6 Å². The third-order valence-corrected chi connectivity index (χ3v) is 3.19. The first kappa shape index (κ1) is 12.3. The van der Waals surface area contributed by atoms with Gasteiger partial charge in [-0.1, -0.05) is 11.2 Å². The highest BCUT2D eigenvalue weighted by molar-refractivity contribution is 7.09. The molecule has 0 saturated carbocycles. The number of thiophene rings is 1. The van der Waals surface area contributed by atoms with Crippen LogP contribution in [-0.2, 0) is 6.54 Å². The number of oxime groups is 1. The summed E-state index contributed by atoms with van der Waals surface area (Å²) in [6.45, 7) is 0.720. The second-order valence-corrected chi connectivity index (χ2v) is 4.69. The maximum atomic E-state index is 8.62. The highest BCUT2D eigenvalue weighted by atomic mass is 32.1. The maximum absolute atomic E-state index is 8.62. The first-order valence-electron chi connectivity index (χ1n) is 5.25. The second-order valence-electron chi connectivity index (χ2n) is 3.66. The summed E-state index contributed by atoms with van der Waals surface area (Å²) in [5.41, 5.74) is 5.90. The first-order chi connectivity index (χ1) is 8.70.